The first-order valence-corrected chi connectivity index (χ1v) is 7.21. The van der Waals surface area contributed by atoms with Crippen LogP contribution in [0.15, 0.2) is 39.5 Å². The second-order valence-electron chi connectivity index (χ2n) is 4.03. The predicted molar refractivity (Wildman–Crippen MR) is 75.4 cm³/mol. The third-order valence-electron chi connectivity index (χ3n) is 2.50. The summed E-state index contributed by atoms with van der Waals surface area (Å²) in [6.07, 6.45) is -0.267. The van der Waals surface area contributed by atoms with Gasteiger partial charge in [-0.1, -0.05) is 0 Å². The molecule has 0 amide bonds. The molecule has 0 aliphatic carbocycles. The molecule has 1 aromatic carbocycles. The van der Waals surface area contributed by atoms with Crippen LogP contribution in [0, 0.1) is 5.82 Å². The van der Waals surface area contributed by atoms with E-state index in [1.807, 2.05) is 23.8 Å². The molecular weight excluding hydrogens is 317 g/mol. The fourth-order valence-electron chi connectivity index (χ4n) is 1.61. The Balaban J connectivity index is 2.21. The van der Waals surface area contributed by atoms with E-state index in [9.17, 15) is 4.39 Å². The van der Waals surface area contributed by atoms with Gasteiger partial charge in [0.25, 0.3) is 0 Å². The van der Waals surface area contributed by atoms with E-state index >= 15 is 0 Å². The number of benzene rings is 1. The first-order valence-electron chi connectivity index (χ1n) is 5.47. The summed E-state index contributed by atoms with van der Waals surface area (Å²) in [7, 11) is 0. The molecule has 2 unspecified atom stereocenters. The summed E-state index contributed by atoms with van der Waals surface area (Å²) >= 11 is 4.69. The van der Waals surface area contributed by atoms with E-state index in [0.29, 0.717) is 10.2 Å². The van der Waals surface area contributed by atoms with Crippen molar-refractivity contribution in [1.29, 1.82) is 0 Å². The molecule has 0 aliphatic heterocycles. The van der Waals surface area contributed by atoms with Crippen LogP contribution in [-0.4, -0.2) is 6.04 Å². The highest BCUT2D eigenvalue weighted by atomic mass is 79.9. The van der Waals surface area contributed by atoms with Gasteiger partial charge in [0.05, 0.1) is 4.47 Å². The molecule has 0 saturated carbocycles. The molecule has 1 heterocycles. The number of rotatable bonds is 4. The first-order chi connectivity index (χ1) is 8.58. The molecule has 2 nitrogen and oxygen atoms in total. The summed E-state index contributed by atoms with van der Waals surface area (Å²) in [4.78, 5) is 0. The molecule has 2 rings (SSSR count). The SMILES string of the molecule is CC(N)C(Oc1ccc(Br)c(F)c1)c1ccsc1. The van der Waals surface area contributed by atoms with Crippen molar-refractivity contribution in [2.45, 2.75) is 19.1 Å². The third-order valence-corrected chi connectivity index (χ3v) is 3.85. The van der Waals surface area contributed by atoms with Crippen molar-refractivity contribution in [2.75, 3.05) is 0 Å². The van der Waals surface area contributed by atoms with Crippen LogP contribution in [0.1, 0.15) is 18.6 Å². The summed E-state index contributed by atoms with van der Waals surface area (Å²) in [5.41, 5.74) is 6.93. The van der Waals surface area contributed by atoms with Crippen molar-refractivity contribution < 1.29 is 9.13 Å². The number of hydrogen-bond acceptors (Lipinski definition) is 3. The monoisotopic (exact) mass is 329 g/mol. The number of ether oxygens (including phenoxy) is 1. The standard InChI is InChI=1S/C13H13BrFNOS/c1-8(16)13(9-4-5-18-7-9)17-10-2-3-11(14)12(15)6-10/h2-8,13H,16H2,1H3. The number of nitrogens with two attached hydrogens (primary N) is 1. The second kappa shape index (κ2) is 5.82. The number of hydrogen-bond donors (Lipinski definition) is 1. The smallest absolute Gasteiger partial charge is 0.141 e. The Kier molecular flexibility index (Phi) is 4.37. The maximum Gasteiger partial charge on any atom is 0.141 e. The molecule has 0 fully saturated rings. The maximum atomic E-state index is 13.4. The lowest BCUT2D eigenvalue weighted by Gasteiger charge is -2.22. The predicted octanol–water partition coefficient (Wildman–Crippen LogP) is 4.12. The van der Waals surface area contributed by atoms with Crippen LogP contribution in [0.25, 0.3) is 0 Å². The maximum absolute atomic E-state index is 13.4. The Bertz CT molecular complexity index is 516. The molecule has 18 heavy (non-hydrogen) atoms. The largest absolute Gasteiger partial charge is 0.484 e. The molecule has 96 valence electrons. The highest BCUT2D eigenvalue weighted by molar-refractivity contribution is 9.10. The van der Waals surface area contributed by atoms with Crippen LogP contribution in [0.5, 0.6) is 5.75 Å². The Morgan fingerprint density at radius 3 is 2.72 bits per heavy atom. The molecule has 0 spiro atoms. The lowest BCUT2D eigenvalue weighted by molar-refractivity contribution is 0.180. The lowest BCUT2D eigenvalue weighted by atomic mass is 10.1. The van der Waals surface area contributed by atoms with Gasteiger partial charge in [-0.05, 0) is 51.8 Å². The van der Waals surface area contributed by atoms with Crippen molar-refractivity contribution in [3.63, 3.8) is 0 Å². The molecular formula is C13H13BrFNOS. The van der Waals surface area contributed by atoms with Crippen LogP contribution in [-0.2, 0) is 0 Å². The average molecular weight is 330 g/mol. The van der Waals surface area contributed by atoms with Crippen LogP contribution in [0.2, 0.25) is 0 Å². The van der Waals surface area contributed by atoms with Gasteiger partial charge in [0.15, 0.2) is 0 Å². The number of thiophene rings is 1. The van der Waals surface area contributed by atoms with Crippen molar-refractivity contribution >= 4 is 27.3 Å². The van der Waals surface area contributed by atoms with Gasteiger partial charge < -0.3 is 10.5 Å². The summed E-state index contributed by atoms with van der Waals surface area (Å²) < 4.78 is 19.6. The minimum Gasteiger partial charge on any atom is -0.484 e. The summed E-state index contributed by atoms with van der Waals surface area (Å²) in [5.74, 6) is 0.130. The highest BCUT2D eigenvalue weighted by Crippen LogP contribution is 2.28. The molecule has 0 radical (unpaired) electrons. The Labute approximate surface area is 118 Å². The molecule has 2 aromatic rings. The summed E-state index contributed by atoms with van der Waals surface area (Å²) in [5, 5.41) is 3.96. The van der Waals surface area contributed by atoms with Gasteiger partial charge in [-0.3, -0.25) is 0 Å². The zero-order valence-electron chi connectivity index (χ0n) is 9.77. The lowest BCUT2D eigenvalue weighted by Crippen LogP contribution is -2.28. The van der Waals surface area contributed by atoms with Crippen LogP contribution in [0.3, 0.4) is 0 Å². The molecule has 1 aromatic heterocycles. The van der Waals surface area contributed by atoms with Gasteiger partial charge in [-0.25, -0.2) is 4.39 Å². The van der Waals surface area contributed by atoms with E-state index in [-0.39, 0.29) is 18.0 Å². The van der Waals surface area contributed by atoms with Crippen molar-refractivity contribution in [1.82, 2.24) is 0 Å². The summed E-state index contributed by atoms with van der Waals surface area (Å²) in [6.45, 7) is 1.87. The number of halogens is 2. The average Bonchev–Trinajstić information content (AvgIpc) is 2.83. The first kappa shape index (κ1) is 13.5. The zero-order chi connectivity index (χ0) is 13.1. The van der Waals surface area contributed by atoms with Crippen LogP contribution in [0.4, 0.5) is 4.39 Å². The molecule has 0 bridgehead atoms. The van der Waals surface area contributed by atoms with Crippen LogP contribution >= 0.6 is 27.3 Å². The molecule has 5 heteroatoms. The Morgan fingerprint density at radius 1 is 1.39 bits per heavy atom. The Morgan fingerprint density at radius 2 is 2.17 bits per heavy atom. The summed E-state index contributed by atoms with van der Waals surface area (Å²) in [6, 6.07) is 6.48. The minimum atomic E-state index is -0.346. The molecule has 0 saturated heterocycles. The van der Waals surface area contributed by atoms with E-state index in [4.69, 9.17) is 10.5 Å². The van der Waals surface area contributed by atoms with Gasteiger partial charge in [0.1, 0.15) is 17.7 Å². The fourth-order valence-corrected chi connectivity index (χ4v) is 2.54. The van der Waals surface area contributed by atoms with Crippen molar-refractivity contribution in [3.8, 4) is 5.75 Å². The van der Waals surface area contributed by atoms with Crippen LogP contribution < -0.4 is 10.5 Å². The van der Waals surface area contributed by atoms with Crippen molar-refractivity contribution in [3.05, 3.63) is 50.9 Å². The van der Waals surface area contributed by atoms with E-state index in [1.165, 1.54) is 6.07 Å². The van der Waals surface area contributed by atoms with E-state index in [0.717, 1.165) is 5.56 Å². The van der Waals surface area contributed by atoms with Gasteiger partial charge in [-0.15, -0.1) is 0 Å². The van der Waals surface area contributed by atoms with E-state index < -0.39 is 0 Å². The van der Waals surface area contributed by atoms with Gasteiger partial charge in [0.2, 0.25) is 0 Å². The van der Waals surface area contributed by atoms with E-state index in [2.05, 4.69) is 15.9 Å². The second-order valence-corrected chi connectivity index (χ2v) is 5.66. The van der Waals surface area contributed by atoms with Gasteiger partial charge in [-0.2, -0.15) is 11.3 Å². The van der Waals surface area contributed by atoms with Gasteiger partial charge in [0, 0.05) is 17.7 Å². The Hall–Kier alpha value is -0.910. The third kappa shape index (κ3) is 3.10. The molecule has 2 N–H and O–H groups in total. The van der Waals surface area contributed by atoms with E-state index in [1.54, 1.807) is 23.5 Å². The topological polar surface area (TPSA) is 35.2 Å². The fraction of sp³-hybridized carbons (Fsp3) is 0.231. The minimum absolute atomic E-state index is 0.175. The van der Waals surface area contributed by atoms with Crippen molar-refractivity contribution in [2.24, 2.45) is 5.73 Å². The van der Waals surface area contributed by atoms with Gasteiger partial charge >= 0.3 is 0 Å². The quantitative estimate of drug-likeness (QED) is 0.915. The molecule has 2 atom stereocenters. The molecule has 0 aliphatic rings. The normalized spacial score (nSPS) is 14.2. The zero-order valence-corrected chi connectivity index (χ0v) is 12.2. The highest BCUT2D eigenvalue weighted by Gasteiger charge is 2.19.